The summed E-state index contributed by atoms with van der Waals surface area (Å²) in [6, 6.07) is 18.9. The third-order valence-corrected chi connectivity index (χ3v) is 9.33. The normalized spacial score (nSPS) is 16.8. The van der Waals surface area contributed by atoms with Crippen molar-refractivity contribution in [3.63, 3.8) is 0 Å². The van der Waals surface area contributed by atoms with Crippen molar-refractivity contribution in [3.05, 3.63) is 100 Å². The highest BCUT2D eigenvalue weighted by molar-refractivity contribution is 7.89. The first-order valence-electron chi connectivity index (χ1n) is 12.7. The predicted octanol–water partition coefficient (Wildman–Crippen LogP) is 3.70. The molecule has 2 N–H and O–H groups in total. The molecule has 0 aliphatic carbocycles. The average molecular weight is 579 g/mol. The second-order valence-corrected chi connectivity index (χ2v) is 11.9. The van der Waals surface area contributed by atoms with Crippen LogP contribution in [0.1, 0.15) is 19.8 Å². The van der Waals surface area contributed by atoms with Crippen molar-refractivity contribution in [2.45, 2.75) is 36.7 Å². The van der Waals surface area contributed by atoms with Gasteiger partial charge in [-0.2, -0.15) is 4.31 Å². The molecule has 0 radical (unpaired) electrons. The fourth-order valence-corrected chi connectivity index (χ4v) is 7.02. The summed E-state index contributed by atoms with van der Waals surface area (Å²) in [5.74, 6) is -1.32. The third kappa shape index (κ3) is 5.13. The first kappa shape index (κ1) is 27.6. The van der Waals surface area contributed by atoms with Crippen LogP contribution < -0.4 is 16.2 Å². The van der Waals surface area contributed by atoms with Crippen molar-refractivity contribution < 1.29 is 18.0 Å². The minimum absolute atomic E-state index is 0.0574. The van der Waals surface area contributed by atoms with Crippen molar-refractivity contribution in [1.29, 1.82) is 0 Å². The average Bonchev–Trinajstić information content (AvgIpc) is 2.94. The Morgan fingerprint density at radius 3 is 2.35 bits per heavy atom. The number of aromatic nitrogens is 1. The van der Waals surface area contributed by atoms with Gasteiger partial charge in [0.1, 0.15) is 12.1 Å². The van der Waals surface area contributed by atoms with Crippen LogP contribution in [0.3, 0.4) is 0 Å². The van der Waals surface area contributed by atoms with Crippen LogP contribution in [0.2, 0.25) is 5.02 Å². The maximum atomic E-state index is 14.0. The SMILES string of the molecule is CC(C(N)=O)N(C1CCCN(c2ccc(-n3ccccc3=O)cc2)C1=O)S(=O)(=O)c1ccc2cc(Cl)ccc2c1. The molecule has 0 bridgehead atoms. The van der Waals surface area contributed by atoms with Crippen molar-refractivity contribution in [2.75, 3.05) is 11.4 Å². The van der Waals surface area contributed by atoms with Crippen LogP contribution in [0.15, 0.2) is 94.7 Å². The van der Waals surface area contributed by atoms with Gasteiger partial charge < -0.3 is 10.6 Å². The summed E-state index contributed by atoms with van der Waals surface area (Å²) in [4.78, 5) is 39.8. The molecule has 1 saturated heterocycles. The quantitative estimate of drug-likeness (QED) is 0.358. The van der Waals surface area contributed by atoms with Crippen LogP contribution in [-0.2, 0) is 19.6 Å². The van der Waals surface area contributed by atoms with Crippen LogP contribution >= 0.6 is 11.6 Å². The van der Waals surface area contributed by atoms with E-state index in [9.17, 15) is 22.8 Å². The summed E-state index contributed by atoms with van der Waals surface area (Å²) in [6.45, 7) is 1.76. The zero-order valence-electron chi connectivity index (χ0n) is 21.6. The molecule has 2 unspecified atom stereocenters. The Morgan fingerprint density at radius 2 is 1.65 bits per heavy atom. The molecule has 0 saturated carbocycles. The van der Waals surface area contributed by atoms with Crippen molar-refractivity contribution in [1.82, 2.24) is 8.87 Å². The number of pyridine rings is 1. The second kappa shape index (κ2) is 10.9. The van der Waals surface area contributed by atoms with Gasteiger partial charge in [-0.05, 0) is 85.1 Å². The molecular weight excluding hydrogens is 552 g/mol. The number of primary amides is 1. The number of hydrogen-bond donors (Lipinski definition) is 1. The van der Waals surface area contributed by atoms with E-state index >= 15 is 0 Å². The monoisotopic (exact) mass is 578 g/mol. The second-order valence-electron chi connectivity index (χ2n) is 9.64. The Balaban J connectivity index is 1.50. The summed E-state index contributed by atoms with van der Waals surface area (Å²) < 4.78 is 30.4. The lowest BCUT2D eigenvalue weighted by Gasteiger charge is -2.39. The van der Waals surface area contributed by atoms with Gasteiger partial charge in [-0.25, -0.2) is 8.42 Å². The summed E-state index contributed by atoms with van der Waals surface area (Å²) in [6.07, 6.45) is 2.38. The smallest absolute Gasteiger partial charge is 0.255 e. The molecule has 206 valence electrons. The third-order valence-electron chi connectivity index (χ3n) is 7.12. The number of nitrogens with zero attached hydrogens (tertiary/aromatic N) is 3. The summed E-state index contributed by atoms with van der Waals surface area (Å²) >= 11 is 6.07. The lowest BCUT2D eigenvalue weighted by atomic mass is 10.0. The molecule has 2 atom stereocenters. The van der Waals surface area contributed by atoms with Gasteiger partial charge in [-0.1, -0.05) is 29.8 Å². The largest absolute Gasteiger partial charge is 0.368 e. The molecular formula is C29H27ClN4O5S. The Hall–Kier alpha value is -3.99. The zero-order chi connectivity index (χ0) is 28.6. The molecule has 2 heterocycles. The van der Waals surface area contributed by atoms with Crippen LogP contribution in [0.5, 0.6) is 0 Å². The maximum absolute atomic E-state index is 14.0. The molecule has 9 nitrogen and oxygen atoms in total. The van der Waals surface area contributed by atoms with Crippen LogP contribution in [0.4, 0.5) is 5.69 Å². The number of carbonyl (C=O) groups excluding carboxylic acids is 2. The predicted molar refractivity (Wildman–Crippen MR) is 154 cm³/mol. The molecule has 40 heavy (non-hydrogen) atoms. The van der Waals surface area contributed by atoms with Gasteiger partial charge in [0.25, 0.3) is 5.56 Å². The molecule has 5 rings (SSSR count). The van der Waals surface area contributed by atoms with Crippen LogP contribution in [-0.4, -0.2) is 47.7 Å². The molecule has 3 aromatic carbocycles. The van der Waals surface area contributed by atoms with Gasteiger partial charge in [-0.15, -0.1) is 0 Å². The number of halogens is 1. The highest BCUT2D eigenvalue weighted by Crippen LogP contribution is 2.31. The lowest BCUT2D eigenvalue weighted by Crippen LogP contribution is -2.59. The van der Waals surface area contributed by atoms with Gasteiger partial charge in [0.05, 0.1) is 4.90 Å². The topological polar surface area (TPSA) is 123 Å². The maximum Gasteiger partial charge on any atom is 0.255 e. The number of anilines is 1. The van der Waals surface area contributed by atoms with Crippen molar-refractivity contribution >= 4 is 49.9 Å². The number of hydrogen-bond acceptors (Lipinski definition) is 5. The number of nitrogens with two attached hydrogens (primary N) is 1. The minimum atomic E-state index is -4.32. The van der Waals surface area contributed by atoms with Gasteiger partial charge in [0, 0.05) is 35.2 Å². The van der Waals surface area contributed by atoms with E-state index in [2.05, 4.69) is 0 Å². The molecule has 4 aromatic rings. The fourth-order valence-electron chi connectivity index (χ4n) is 5.03. The first-order chi connectivity index (χ1) is 19.1. The van der Waals surface area contributed by atoms with Gasteiger partial charge >= 0.3 is 0 Å². The number of carbonyl (C=O) groups is 2. The zero-order valence-corrected chi connectivity index (χ0v) is 23.2. The Labute approximate surface area is 236 Å². The molecule has 1 aliphatic rings. The Bertz CT molecular complexity index is 1770. The van der Waals surface area contributed by atoms with E-state index in [1.165, 1.54) is 34.6 Å². The van der Waals surface area contributed by atoms with E-state index in [0.29, 0.717) is 34.7 Å². The van der Waals surface area contributed by atoms with E-state index in [1.807, 2.05) is 0 Å². The van der Waals surface area contributed by atoms with Crippen LogP contribution in [0.25, 0.3) is 16.5 Å². The highest BCUT2D eigenvalue weighted by Gasteiger charge is 2.44. The highest BCUT2D eigenvalue weighted by atomic mass is 35.5. The number of benzene rings is 3. The number of sulfonamides is 1. The standard InChI is InChI=1S/C29H27ClN4O5S/c1-19(28(31)36)34(40(38,39)25-14-8-20-17-22(30)9-7-21(20)18-25)26-5-4-16-33(29(26)37)24-12-10-23(11-13-24)32-15-3-2-6-27(32)35/h2-3,6-15,17-19,26H,4-5,16H2,1H3,(H2,31,36). The lowest BCUT2D eigenvalue weighted by molar-refractivity contribution is -0.127. The Morgan fingerprint density at radius 1 is 0.975 bits per heavy atom. The van der Waals surface area contributed by atoms with E-state index in [0.717, 1.165) is 9.69 Å². The number of piperidine rings is 1. The fraction of sp³-hybridized carbons (Fsp3) is 0.207. The molecule has 2 amide bonds. The minimum Gasteiger partial charge on any atom is -0.368 e. The van der Waals surface area contributed by atoms with Crippen LogP contribution in [0, 0.1) is 0 Å². The summed E-state index contributed by atoms with van der Waals surface area (Å²) in [7, 11) is -4.32. The molecule has 1 fully saturated rings. The van der Waals surface area contributed by atoms with Gasteiger partial charge in [-0.3, -0.25) is 19.0 Å². The number of amides is 2. The van der Waals surface area contributed by atoms with Gasteiger partial charge in [0.15, 0.2) is 0 Å². The number of fused-ring (bicyclic) bond motifs is 1. The summed E-state index contributed by atoms with van der Waals surface area (Å²) in [5, 5.41) is 1.91. The summed E-state index contributed by atoms with van der Waals surface area (Å²) in [5.41, 5.74) is 6.57. The molecule has 1 aliphatic heterocycles. The Kier molecular flexibility index (Phi) is 7.50. The van der Waals surface area contributed by atoms with E-state index in [1.54, 1.807) is 66.9 Å². The van der Waals surface area contributed by atoms with Crippen molar-refractivity contribution in [3.8, 4) is 5.69 Å². The molecule has 0 spiro atoms. The van der Waals surface area contributed by atoms with E-state index in [-0.39, 0.29) is 16.9 Å². The van der Waals surface area contributed by atoms with E-state index < -0.39 is 33.9 Å². The molecule has 11 heteroatoms. The van der Waals surface area contributed by atoms with Crippen molar-refractivity contribution in [2.24, 2.45) is 5.73 Å². The van der Waals surface area contributed by atoms with E-state index in [4.69, 9.17) is 17.3 Å². The molecule has 1 aromatic heterocycles. The first-order valence-corrected chi connectivity index (χ1v) is 14.5. The van der Waals surface area contributed by atoms with Gasteiger partial charge in [0.2, 0.25) is 21.8 Å². The number of rotatable bonds is 7.